The monoisotopic (exact) mass is 300 g/mol. The van der Waals surface area contributed by atoms with Crippen molar-refractivity contribution in [2.45, 2.75) is 52.4 Å². The van der Waals surface area contributed by atoms with E-state index in [0.29, 0.717) is 6.42 Å². The van der Waals surface area contributed by atoms with Gasteiger partial charge in [0.1, 0.15) is 6.42 Å². The van der Waals surface area contributed by atoms with Crippen LogP contribution in [0.15, 0.2) is 0 Å². The average Bonchev–Trinajstić information content (AvgIpc) is 2.43. The molecule has 0 heterocycles. The van der Waals surface area contributed by atoms with Crippen LogP contribution in [0, 0.1) is 5.92 Å². The van der Waals surface area contributed by atoms with Crippen LogP contribution in [0.25, 0.3) is 0 Å². The maximum absolute atomic E-state index is 12.1. The zero-order valence-corrected chi connectivity index (χ0v) is 13.0. The van der Waals surface area contributed by atoms with Crippen molar-refractivity contribution >= 4 is 23.5 Å². The van der Waals surface area contributed by atoms with Gasteiger partial charge in [0.25, 0.3) is 0 Å². The Bertz CT molecular complexity index is 374. The van der Waals surface area contributed by atoms with Crippen molar-refractivity contribution in [3.63, 3.8) is 0 Å². The normalized spacial score (nSPS) is 11.6. The molecule has 21 heavy (non-hydrogen) atoms. The number of ketones is 2. The lowest BCUT2D eigenvalue weighted by molar-refractivity contribution is -0.155. The van der Waals surface area contributed by atoms with Crippen molar-refractivity contribution in [3.8, 4) is 0 Å². The highest BCUT2D eigenvalue weighted by atomic mass is 16.5. The predicted octanol–water partition coefficient (Wildman–Crippen LogP) is 1.84. The van der Waals surface area contributed by atoms with Crippen LogP contribution in [0.3, 0.4) is 0 Å². The number of rotatable bonds is 11. The Kier molecular flexibility index (Phi) is 10.1. The molecule has 1 atom stereocenters. The Hall–Kier alpha value is -1.72. The summed E-state index contributed by atoms with van der Waals surface area (Å²) in [5.41, 5.74) is 0. The minimum atomic E-state index is -1.51. The molecular formula is C15H24O6. The van der Waals surface area contributed by atoms with E-state index < -0.39 is 35.8 Å². The summed E-state index contributed by atoms with van der Waals surface area (Å²) in [6.07, 6.45) is 3.04. The number of hydrogen-bond donors (Lipinski definition) is 0. The molecule has 0 aromatic carbocycles. The summed E-state index contributed by atoms with van der Waals surface area (Å²) in [7, 11) is 1.14. The lowest BCUT2D eigenvalue weighted by atomic mass is 9.93. The Morgan fingerprint density at radius 3 is 2.14 bits per heavy atom. The minimum Gasteiger partial charge on any atom is -0.469 e. The molecule has 0 fully saturated rings. The van der Waals surface area contributed by atoms with Crippen LogP contribution in [0.5, 0.6) is 0 Å². The number of esters is 2. The van der Waals surface area contributed by atoms with E-state index in [4.69, 9.17) is 4.74 Å². The highest BCUT2D eigenvalue weighted by Gasteiger charge is 2.35. The molecule has 0 saturated heterocycles. The van der Waals surface area contributed by atoms with Gasteiger partial charge >= 0.3 is 11.9 Å². The molecule has 0 radical (unpaired) electrons. The molecule has 0 aliphatic carbocycles. The molecule has 120 valence electrons. The van der Waals surface area contributed by atoms with Crippen molar-refractivity contribution in [1.82, 2.24) is 0 Å². The number of carbonyl (C=O) groups excluding carboxylic acids is 4. The molecule has 0 aliphatic heterocycles. The molecule has 0 N–H and O–H groups in total. The van der Waals surface area contributed by atoms with E-state index in [9.17, 15) is 19.2 Å². The summed E-state index contributed by atoms with van der Waals surface area (Å²) in [5, 5.41) is 0. The summed E-state index contributed by atoms with van der Waals surface area (Å²) in [5.74, 6) is -4.41. The lowest BCUT2D eigenvalue weighted by Gasteiger charge is -2.13. The summed E-state index contributed by atoms with van der Waals surface area (Å²) in [6.45, 7) is 3.71. The van der Waals surface area contributed by atoms with Gasteiger partial charge in [-0.1, -0.05) is 26.2 Å². The second-order valence-electron chi connectivity index (χ2n) is 4.68. The zero-order valence-electron chi connectivity index (χ0n) is 13.0. The van der Waals surface area contributed by atoms with Gasteiger partial charge in [-0.25, -0.2) is 0 Å². The molecule has 1 unspecified atom stereocenters. The largest absolute Gasteiger partial charge is 0.469 e. The third kappa shape index (κ3) is 7.58. The molecule has 0 aromatic heterocycles. The van der Waals surface area contributed by atoms with Crippen LogP contribution < -0.4 is 0 Å². The smallest absolute Gasteiger partial charge is 0.324 e. The van der Waals surface area contributed by atoms with E-state index in [1.807, 2.05) is 6.92 Å². The summed E-state index contributed by atoms with van der Waals surface area (Å²) in [4.78, 5) is 46.9. The number of Topliss-reactive ketones (excluding diaryl/α,β-unsaturated/α-hetero) is 2. The molecule has 0 aliphatic rings. The first kappa shape index (κ1) is 19.3. The van der Waals surface area contributed by atoms with Gasteiger partial charge in [-0.15, -0.1) is 0 Å². The Balaban J connectivity index is 4.72. The zero-order chi connectivity index (χ0) is 16.3. The van der Waals surface area contributed by atoms with Crippen molar-refractivity contribution in [2.24, 2.45) is 5.92 Å². The van der Waals surface area contributed by atoms with Gasteiger partial charge in [0.2, 0.25) is 0 Å². The first-order chi connectivity index (χ1) is 9.97. The van der Waals surface area contributed by atoms with E-state index in [-0.39, 0.29) is 13.0 Å². The molecule has 6 nitrogen and oxygen atoms in total. The van der Waals surface area contributed by atoms with Gasteiger partial charge in [-0.05, 0) is 13.3 Å². The lowest BCUT2D eigenvalue weighted by Crippen LogP contribution is -2.34. The van der Waals surface area contributed by atoms with Crippen molar-refractivity contribution < 1.29 is 28.7 Å². The number of carbonyl (C=O) groups is 4. The molecule has 0 amide bonds. The van der Waals surface area contributed by atoms with Gasteiger partial charge in [0, 0.05) is 6.42 Å². The molecule has 0 rings (SSSR count). The van der Waals surface area contributed by atoms with E-state index in [1.54, 1.807) is 6.92 Å². The Morgan fingerprint density at radius 1 is 0.952 bits per heavy atom. The van der Waals surface area contributed by atoms with Gasteiger partial charge in [0.05, 0.1) is 13.7 Å². The van der Waals surface area contributed by atoms with Crippen LogP contribution in [0.2, 0.25) is 0 Å². The summed E-state index contributed by atoms with van der Waals surface area (Å²) >= 11 is 0. The maximum Gasteiger partial charge on any atom is 0.324 e. The van der Waals surface area contributed by atoms with Crippen LogP contribution in [0.4, 0.5) is 0 Å². The van der Waals surface area contributed by atoms with Crippen molar-refractivity contribution in [3.05, 3.63) is 0 Å². The minimum absolute atomic E-state index is 0.0734. The number of methoxy groups -OCH3 is 1. The van der Waals surface area contributed by atoms with Gasteiger partial charge < -0.3 is 9.47 Å². The van der Waals surface area contributed by atoms with Gasteiger partial charge in [-0.2, -0.15) is 0 Å². The quantitative estimate of drug-likeness (QED) is 0.329. The first-order valence-corrected chi connectivity index (χ1v) is 7.26. The third-order valence-electron chi connectivity index (χ3n) is 2.99. The first-order valence-electron chi connectivity index (χ1n) is 7.26. The van der Waals surface area contributed by atoms with Gasteiger partial charge in [0.15, 0.2) is 17.5 Å². The third-order valence-corrected chi connectivity index (χ3v) is 2.99. The molecule has 0 aromatic rings. The van der Waals surface area contributed by atoms with E-state index in [0.717, 1.165) is 26.4 Å². The average molecular weight is 300 g/mol. The highest BCUT2D eigenvalue weighted by molar-refractivity contribution is 6.20. The van der Waals surface area contributed by atoms with E-state index >= 15 is 0 Å². The predicted molar refractivity (Wildman–Crippen MR) is 75.5 cm³/mol. The molecule has 0 spiro atoms. The van der Waals surface area contributed by atoms with Crippen LogP contribution in [-0.2, 0) is 28.7 Å². The maximum atomic E-state index is 12.1. The molecule has 0 saturated carbocycles. The Morgan fingerprint density at radius 2 is 1.62 bits per heavy atom. The molecule has 0 bridgehead atoms. The summed E-state index contributed by atoms with van der Waals surface area (Å²) < 4.78 is 9.14. The number of ether oxygens (including phenoxy) is 2. The standard InChI is InChI=1S/C15H24O6/c1-4-6-7-8-9-11(16)14(15(19)21-5-2)12(17)10-13(18)20-3/h14H,4-10H2,1-3H3. The SMILES string of the molecule is CCCCCCC(=O)C(C(=O)CC(=O)OC)C(=O)OCC. The van der Waals surface area contributed by atoms with Crippen LogP contribution in [-0.4, -0.2) is 37.2 Å². The van der Waals surface area contributed by atoms with Crippen LogP contribution in [0.1, 0.15) is 52.4 Å². The van der Waals surface area contributed by atoms with E-state index in [2.05, 4.69) is 4.74 Å². The second kappa shape index (κ2) is 11.0. The molecule has 6 heteroatoms. The number of unbranched alkanes of at least 4 members (excludes halogenated alkanes) is 3. The fourth-order valence-electron chi connectivity index (χ4n) is 1.85. The fourth-order valence-corrected chi connectivity index (χ4v) is 1.85. The van der Waals surface area contributed by atoms with Crippen molar-refractivity contribution in [1.29, 1.82) is 0 Å². The van der Waals surface area contributed by atoms with Crippen LogP contribution >= 0.6 is 0 Å². The second-order valence-corrected chi connectivity index (χ2v) is 4.68. The Labute approximate surface area is 125 Å². The van der Waals surface area contributed by atoms with Gasteiger partial charge in [-0.3, -0.25) is 19.2 Å². The topological polar surface area (TPSA) is 86.7 Å². The van der Waals surface area contributed by atoms with Crippen molar-refractivity contribution in [2.75, 3.05) is 13.7 Å². The van der Waals surface area contributed by atoms with E-state index in [1.165, 1.54) is 0 Å². The highest BCUT2D eigenvalue weighted by Crippen LogP contribution is 2.13. The fraction of sp³-hybridized carbons (Fsp3) is 0.733. The number of hydrogen-bond acceptors (Lipinski definition) is 6. The summed E-state index contributed by atoms with van der Waals surface area (Å²) in [6, 6.07) is 0. The molecular weight excluding hydrogens is 276 g/mol.